The molecule has 0 saturated carbocycles. The fourth-order valence-electron chi connectivity index (χ4n) is 3.81. The highest BCUT2D eigenvalue weighted by Crippen LogP contribution is 2.29. The first-order valence-corrected chi connectivity index (χ1v) is 10.5. The van der Waals surface area contributed by atoms with Crippen LogP contribution in [-0.4, -0.2) is 49.3 Å². The van der Waals surface area contributed by atoms with Crippen LogP contribution in [0.3, 0.4) is 0 Å². The Balaban J connectivity index is 1.70. The van der Waals surface area contributed by atoms with Crippen molar-refractivity contribution in [3.05, 3.63) is 64.7 Å². The van der Waals surface area contributed by atoms with Gasteiger partial charge in [-0.25, -0.2) is 4.98 Å². The molecule has 5 nitrogen and oxygen atoms in total. The van der Waals surface area contributed by atoms with Gasteiger partial charge < -0.3 is 9.47 Å². The second-order valence-electron chi connectivity index (χ2n) is 7.58. The van der Waals surface area contributed by atoms with Crippen LogP contribution in [0.5, 0.6) is 0 Å². The predicted octanol–water partition coefficient (Wildman–Crippen LogP) is 4.66. The second-order valence-corrected chi connectivity index (χ2v) is 8.02. The molecule has 3 aromatic rings. The first-order chi connectivity index (χ1) is 14.5. The van der Waals surface area contributed by atoms with Gasteiger partial charge in [0.25, 0.3) is 0 Å². The summed E-state index contributed by atoms with van der Waals surface area (Å²) in [5, 5.41) is 1.79. The van der Waals surface area contributed by atoms with E-state index in [1.807, 2.05) is 49.4 Å². The van der Waals surface area contributed by atoms with E-state index in [1.54, 1.807) is 0 Å². The van der Waals surface area contributed by atoms with Gasteiger partial charge in [0.2, 0.25) is 0 Å². The quantitative estimate of drug-likeness (QED) is 0.557. The Morgan fingerprint density at radius 3 is 2.60 bits per heavy atom. The number of halogens is 1. The summed E-state index contributed by atoms with van der Waals surface area (Å²) in [6, 6.07) is 16.0. The molecule has 0 radical (unpaired) electrons. The number of morpholine rings is 1. The highest BCUT2D eigenvalue weighted by molar-refractivity contribution is 6.31. The van der Waals surface area contributed by atoms with Crippen molar-refractivity contribution in [1.29, 1.82) is 0 Å². The zero-order valence-electron chi connectivity index (χ0n) is 17.2. The van der Waals surface area contributed by atoms with E-state index in [9.17, 15) is 4.79 Å². The highest BCUT2D eigenvalue weighted by atomic mass is 35.5. The van der Waals surface area contributed by atoms with Crippen LogP contribution in [-0.2, 0) is 20.8 Å². The Morgan fingerprint density at radius 1 is 1.17 bits per heavy atom. The summed E-state index contributed by atoms with van der Waals surface area (Å²) in [4.78, 5) is 19.1. The zero-order chi connectivity index (χ0) is 21.1. The van der Waals surface area contributed by atoms with Crippen molar-refractivity contribution >= 4 is 28.5 Å². The third-order valence-corrected chi connectivity index (χ3v) is 5.85. The van der Waals surface area contributed by atoms with Crippen LogP contribution in [0.1, 0.15) is 24.0 Å². The Hall–Kier alpha value is -2.47. The van der Waals surface area contributed by atoms with E-state index < -0.39 is 0 Å². The normalized spacial score (nSPS) is 15.8. The molecule has 1 aliphatic rings. The first-order valence-electron chi connectivity index (χ1n) is 10.1. The number of esters is 1. The molecule has 1 fully saturated rings. The SMILES string of the molecule is COC(=O)C(C)c1ccc(-c2cc(CN3CCOCC3)c3ccc(Cl)cc3n2)cc1. The number of aromatic nitrogens is 1. The average Bonchev–Trinajstić information content (AvgIpc) is 2.78. The topological polar surface area (TPSA) is 51.7 Å². The Bertz CT molecular complexity index is 1050. The number of benzene rings is 2. The van der Waals surface area contributed by atoms with Crippen molar-refractivity contribution in [3.63, 3.8) is 0 Å². The number of rotatable bonds is 5. The van der Waals surface area contributed by atoms with Crippen molar-refractivity contribution in [2.24, 2.45) is 0 Å². The molecule has 2 aromatic carbocycles. The van der Waals surface area contributed by atoms with Crippen LogP contribution in [0.4, 0.5) is 0 Å². The minimum Gasteiger partial charge on any atom is -0.469 e. The minimum absolute atomic E-state index is 0.242. The molecule has 0 N–H and O–H groups in total. The molecule has 1 atom stereocenters. The van der Waals surface area contributed by atoms with Crippen LogP contribution in [0.25, 0.3) is 22.2 Å². The lowest BCUT2D eigenvalue weighted by Gasteiger charge is -2.27. The fourth-order valence-corrected chi connectivity index (χ4v) is 3.97. The largest absolute Gasteiger partial charge is 0.469 e. The van der Waals surface area contributed by atoms with Crippen LogP contribution < -0.4 is 0 Å². The summed E-state index contributed by atoms with van der Waals surface area (Å²) in [7, 11) is 1.41. The lowest BCUT2D eigenvalue weighted by Crippen LogP contribution is -2.35. The van der Waals surface area contributed by atoms with E-state index in [4.69, 9.17) is 26.1 Å². The monoisotopic (exact) mass is 424 g/mol. The Morgan fingerprint density at radius 2 is 1.90 bits per heavy atom. The summed E-state index contributed by atoms with van der Waals surface area (Å²) in [6.45, 7) is 6.06. The molecule has 0 aliphatic carbocycles. The van der Waals surface area contributed by atoms with Gasteiger partial charge >= 0.3 is 5.97 Å². The number of carbonyl (C=O) groups is 1. The molecule has 6 heteroatoms. The third-order valence-electron chi connectivity index (χ3n) is 5.62. The van der Waals surface area contributed by atoms with Gasteiger partial charge in [-0.05, 0) is 36.2 Å². The van der Waals surface area contributed by atoms with Gasteiger partial charge in [0.05, 0.1) is 37.5 Å². The van der Waals surface area contributed by atoms with E-state index >= 15 is 0 Å². The van der Waals surface area contributed by atoms with Crippen LogP contribution in [0.15, 0.2) is 48.5 Å². The number of carbonyl (C=O) groups excluding carboxylic acids is 1. The van der Waals surface area contributed by atoms with E-state index in [0.29, 0.717) is 5.02 Å². The Labute approximate surface area is 181 Å². The molecular weight excluding hydrogens is 400 g/mol. The molecule has 30 heavy (non-hydrogen) atoms. The van der Waals surface area contributed by atoms with Crippen LogP contribution in [0.2, 0.25) is 5.02 Å². The smallest absolute Gasteiger partial charge is 0.312 e. The molecule has 0 bridgehead atoms. The van der Waals surface area contributed by atoms with Gasteiger partial charge in [0.15, 0.2) is 0 Å². The molecule has 1 aromatic heterocycles. The van der Waals surface area contributed by atoms with E-state index in [-0.39, 0.29) is 11.9 Å². The molecule has 4 rings (SSSR count). The third kappa shape index (κ3) is 4.48. The van der Waals surface area contributed by atoms with Crippen LogP contribution in [0, 0.1) is 0 Å². The summed E-state index contributed by atoms with van der Waals surface area (Å²) in [5.74, 6) is -0.543. The number of methoxy groups -OCH3 is 1. The number of hydrogen-bond acceptors (Lipinski definition) is 5. The van der Waals surface area contributed by atoms with Gasteiger partial charge in [-0.2, -0.15) is 0 Å². The molecule has 156 valence electrons. The molecule has 2 heterocycles. The summed E-state index contributed by atoms with van der Waals surface area (Å²) in [5.41, 5.74) is 4.92. The van der Waals surface area contributed by atoms with E-state index in [1.165, 1.54) is 12.7 Å². The summed E-state index contributed by atoms with van der Waals surface area (Å²) in [6.07, 6.45) is 0. The van der Waals surface area contributed by atoms with E-state index in [0.717, 1.165) is 60.6 Å². The van der Waals surface area contributed by atoms with Crippen molar-refractivity contribution in [2.45, 2.75) is 19.4 Å². The fraction of sp³-hybridized carbons (Fsp3) is 0.333. The molecule has 0 amide bonds. The maximum absolute atomic E-state index is 11.8. The van der Waals surface area contributed by atoms with Crippen LogP contribution >= 0.6 is 11.6 Å². The Kier molecular flexibility index (Phi) is 6.32. The average molecular weight is 425 g/mol. The van der Waals surface area contributed by atoms with Gasteiger partial charge in [0.1, 0.15) is 0 Å². The maximum atomic E-state index is 11.8. The summed E-state index contributed by atoms with van der Waals surface area (Å²) < 4.78 is 10.3. The van der Waals surface area contributed by atoms with Gasteiger partial charge in [-0.15, -0.1) is 0 Å². The van der Waals surface area contributed by atoms with Crippen molar-refractivity contribution < 1.29 is 14.3 Å². The van der Waals surface area contributed by atoms with E-state index in [2.05, 4.69) is 11.0 Å². The summed E-state index contributed by atoms with van der Waals surface area (Å²) >= 11 is 6.25. The van der Waals surface area contributed by atoms with Gasteiger partial charge in [-0.1, -0.05) is 41.9 Å². The minimum atomic E-state index is -0.302. The van der Waals surface area contributed by atoms with Crippen molar-refractivity contribution in [2.75, 3.05) is 33.4 Å². The van der Waals surface area contributed by atoms with Crippen molar-refractivity contribution in [3.8, 4) is 11.3 Å². The van der Waals surface area contributed by atoms with Gasteiger partial charge in [-0.3, -0.25) is 9.69 Å². The zero-order valence-corrected chi connectivity index (χ0v) is 18.0. The molecule has 1 aliphatic heterocycles. The highest BCUT2D eigenvalue weighted by Gasteiger charge is 2.17. The first kappa shape index (κ1) is 20.8. The maximum Gasteiger partial charge on any atom is 0.312 e. The van der Waals surface area contributed by atoms with Crippen molar-refractivity contribution in [1.82, 2.24) is 9.88 Å². The number of ether oxygens (including phenoxy) is 2. The molecule has 0 spiro atoms. The molecule has 1 saturated heterocycles. The standard InChI is InChI=1S/C24H25ClN2O3/c1-16(24(28)29-2)17-3-5-18(6-4-17)22-13-19(15-27-9-11-30-12-10-27)21-8-7-20(25)14-23(21)26-22/h3-8,13-14,16H,9-12,15H2,1-2H3. The predicted molar refractivity (Wildman–Crippen MR) is 119 cm³/mol. The van der Waals surface area contributed by atoms with Gasteiger partial charge in [0, 0.05) is 35.6 Å². The lowest BCUT2D eigenvalue weighted by molar-refractivity contribution is -0.141. The number of pyridine rings is 1. The second kappa shape index (κ2) is 9.13. The molecular formula is C24H25ClN2O3. The number of nitrogens with zero attached hydrogens (tertiary/aromatic N) is 2. The lowest BCUT2D eigenvalue weighted by atomic mass is 9.98. The number of fused-ring (bicyclic) bond motifs is 1. The molecule has 1 unspecified atom stereocenters. The number of hydrogen-bond donors (Lipinski definition) is 0.